The number of para-hydroxylation sites is 2. The number of anilines is 1. The molecule has 1 saturated heterocycles. The number of thiocarbonyl (C=S) groups is 1. The summed E-state index contributed by atoms with van der Waals surface area (Å²) in [5.74, 6) is -0.600. The highest BCUT2D eigenvalue weighted by atomic mass is 32.2. The molecule has 3 aromatic rings. The van der Waals surface area contributed by atoms with Crippen molar-refractivity contribution in [3.05, 3.63) is 76.9 Å². The van der Waals surface area contributed by atoms with Gasteiger partial charge in [-0.3, -0.25) is 9.69 Å². The topological polar surface area (TPSA) is 42.7 Å². The molecule has 0 radical (unpaired) electrons. The van der Waals surface area contributed by atoms with E-state index in [0.717, 1.165) is 23.9 Å². The fourth-order valence-corrected chi connectivity index (χ4v) is 4.15. The van der Waals surface area contributed by atoms with E-state index in [2.05, 4.69) is 0 Å². The minimum atomic E-state index is -0.728. The number of amides is 1. The molecule has 2 heterocycles. The number of furan rings is 1. The molecule has 1 fully saturated rings. The maximum atomic E-state index is 14.0. The molecule has 146 valence electrons. The van der Waals surface area contributed by atoms with Gasteiger partial charge in [-0.2, -0.15) is 0 Å². The van der Waals surface area contributed by atoms with Crippen molar-refractivity contribution in [2.75, 3.05) is 12.0 Å². The zero-order valence-electron chi connectivity index (χ0n) is 15.0. The third-order valence-electron chi connectivity index (χ3n) is 4.22. The molecule has 29 heavy (non-hydrogen) atoms. The van der Waals surface area contributed by atoms with Gasteiger partial charge in [0.2, 0.25) is 0 Å². The van der Waals surface area contributed by atoms with Gasteiger partial charge in [0.25, 0.3) is 5.91 Å². The lowest BCUT2D eigenvalue weighted by molar-refractivity contribution is -0.113. The second-order valence-corrected chi connectivity index (χ2v) is 7.69. The monoisotopic (exact) mass is 429 g/mol. The predicted molar refractivity (Wildman–Crippen MR) is 113 cm³/mol. The van der Waals surface area contributed by atoms with Crippen LogP contribution in [0.5, 0.6) is 5.75 Å². The SMILES string of the molecule is COc1ccccc1N1C(=O)/C(=C\c2ccc(-c3ccc(F)cc3F)o2)SC1=S. The van der Waals surface area contributed by atoms with Crippen molar-refractivity contribution in [1.82, 2.24) is 0 Å². The van der Waals surface area contributed by atoms with Crippen LogP contribution in [0.25, 0.3) is 17.4 Å². The van der Waals surface area contributed by atoms with Crippen molar-refractivity contribution < 1.29 is 22.7 Å². The van der Waals surface area contributed by atoms with E-state index in [4.69, 9.17) is 21.4 Å². The Hall–Kier alpha value is -2.97. The summed E-state index contributed by atoms with van der Waals surface area (Å²) in [4.78, 5) is 14.7. The number of hydrogen-bond acceptors (Lipinski definition) is 5. The Labute approximate surface area is 174 Å². The lowest BCUT2D eigenvalue weighted by Gasteiger charge is -2.17. The third-order valence-corrected chi connectivity index (χ3v) is 5.52. The fraction of sp³-hybridized carbons (Fsp3) is 0.0476. The molecule has 1 aromatic heterocycles. The van der Waals surface area contributed by atoms with Crippen molar-refractivity contribution in [3.8, 4) is 17.1 Å². The van der Waals surface area contributed by atoms with E-state index in [1.54, 1.807) is 42.5 Å². The van der Waals surface area contributed by atoms with E-state index in [9.17, 15) is 13.6 Å². The lowest BCUT2D eigenvalue weighted by atomic mass is 10.1. The summed E-state index contributed by atoms with van der Waals surface area (Å²) < 4.78 is 38.4. The van der Waals surface area contributed by atoms with Crippen LogP contribution < -0.4 is 9.64 Å². The Morgan fingerprint density at radius 1 is 1.14 bits per heavy atom. The van der Waals surface area contributed by atoms with Crippen LogP contribution >= 0.6 is 24.0 Å². The first-order valence-electron chi connectivity index (χ1n) is 8.44. The minimum absolute atomic E-state index is 0.132. The molecule has 1 amide bonds. The molecule has 0 bridgehead atoms. The summed E-state index contributed by atoms with van der Waals surface area (Å²) in [6.45, 7) is 0. The van der Waals surface area contributed by atoms with Gasteiger partial charge in [-0.1, -0.05) is 36.1 Å². The van der Waals surface area contributed by atoms with E-state index in [-0.39, 0.29) is 17.2 Å². The standard InChI is InChI=1S/C21H13F2NO3S2/c1-26-18-5-3-2-4-16(18)24-20(25)19(29-21(24)28)11-13-7-9-17(27-13)14-8-6-12(22)10-15(14)23/h2-11H,1H3/b19-11+. The van der Waals surface area contributed by atoms with Crippen LogP contribution in [-0.4, -0.2) is 17.3 Å². The summed E-state index contributed by atoms with van der Waals surface area (Å²) in [5, 5.41) is 0. The van der Waals surface area contributed by atoms with Crippen molar-refractivity contribution >= 4 is 46.0 Å². The van der Waals surface area contributed by atoms with Crippen molar-refractivity contribution in [1.29, 1.82) is 0 Å². The molecule has 1 aliphatic heterocycles. The van der Waals surface area contributed by atoms with E-state index in [0.29, 0.717) is 26.4 Å². The van der Waals surface area contributed by atoms with Gasteiger partial charge in [-0.15, -0.1) is 0 Å². The van der Waals surface area contributed by atoms with E-state index >= 15 is 0 Å². The highest BCUT2D eigenvalue weighted by molar-refractivity contribution is 8.27. The van der Waals surface area contributed by atoms with Crippen LogP contribution in [0.1, 0.15) is 5.76 Å². The molecule has 0 atom stereocenters. The molecule has 4 rings (SSSR count). The summed E-state index contributed by atoms with van der Waals surface area (Å²) in [6.07, 6.45) is 1.54. The average Bonchev–Trinajstić information content (AvgIpc) is 3.26. The number of benzene rings is 2. The fourth-order valence-electron chi connectivity index (χ4n) is 2.88. The maximum absolute atomic E-state index is 14.0. The Balaban J connectivity index is 1.64. The molecule has 2 aromatic carbocycles. The number of methoxy groups -OCH3 is 1. The highest BCUT2D eigenvalue weighted by Gasteiger charge is 2.35. The van der Waals surface area contributed by atoms with Crippen molar-refractivity contribution in [3.63, 3.8) is 0 Å². The van der Waals surface area contributed by atoms with Gasteiger partial charge >= 0.3 is 0 Å². The first kappa shape index (κ1) is 19.4. The van der Waals surface area contributed by atoms with Crippen LogP contribution in [0, 0.1) is 11.6 Å². The highest BCUT2D eigenvalue weighted by Crippen LogP contribution is 2.40. The minimum Gasteiger partial charge on any atom is -0.495 e. The number of thioether (sulfide) groups is 1. The third kappa shape index (κ3) is 3.68. The van der Waals surface area contributed by atoms with Crippen LogP contribution in [0.2, 0.25) is 0 Å². The van der Waals surface area contributed by atoms with Gasteiger partial charge in [0.15, 0.2) is 4.32 Å². The molecule has 0 aliphatic carbocycles. The molecule has 0 spiro atoms. The Bertz CT molecular complexity index is 1160. The lowest BCUT2D eigenvalue weighted by Crippen LogP contribution is -2.27. The maximum Gasteiger partial charge on any atom is 0.271 e. The number of ether oxygens (including phenoxy) is 1. The average molecular weight is 429 g/mol. The number of rotatable bonds is 4. The summed E-state index contributed by atoms with van der Waals surface area (Å²) in [6, 6.07) is 13.5. The van der Waals surface area contributed by atoms with Gasteiger partial charge in [-0.25, -0.2) is 8.78 Å². The van der Waals surface area contributed by atoms with Gasteiger partial charge in [0.05, 0.1) is 23.3 Å². The van der Waals surface area contributed by atoms with E-state index < -0.39 is 11.6 Å². The predicted octanol–water partition coefficient (Wildman–Crippen LogP) is 5.64. The van der Waals surface area contributed by atoms with E-state index in [1.165, 1.54) is 18.1 Å². The van der Waals surface area contributed by atoms with Gasteiger partial charge in [-0.05, 0) is 36.4 Å². The van der Waals surface area contributed by atoms with Crippen molar-refractivity contribution in [2.24, 2.45) is 0 Å². The molecule has 8 heteroatoms. The number of hydrogen-bond donors (Lipinski definition) is 0. The number of carbonyl (C=O) groups is 1. The summed E-state index contributed by atoms with van der Waals surface area (Å²) in [5.41, 5.74) is 0.682. The van der Waals surface area contributed by atoms with E-state index in [1.807, 2.05) is 0 Å². The molecule has 4 nitrogen and oxygen atoms in total. The smallest absolute Gasteiger partial charge is 0.271 e. The van der Waals surface area contributed by atoms with Crippen LogP contribution in [0.15, 0.2) is 63.9 Å². The van der Waals surface area contributed by atoms with Crippen LogP contribution in [0.4, 0.5) is 14.5 Å². The zero-order chi connectivity index (χ0) is 20.5. The number of nitrogens with zero attached hydrogens (tertiary/aromatic N) is 1. The number of carbonyl (C=O) groups excluding carboxylic acids is 1. The second-order valence-electron chi connectivity index (χ2n) is 6.02. The molecule has 1 aliphatic rings. The summed E-state index contributed by atoms with van der Waals surface area (Å²) in [7, 11) is 1.52. The normalized spacial score (nSPS) is 15.4. The quantitative estimate of drug-likeness (QED) is 0.397. The molecule has 0 unspecified atom stereocenters. The largest absolute Gasteiger partial charge is 0.495 e. The van der Waals surface area contributed by atoms with Crippen LogP contribution in [0.3, 0.4) is 0 Å². The molecular formula is C21H13F2NO3S2. The Morgan fingerprint density at radius 2 is 1.93 bits per heavy atom. The zero-order valence-corrected chi connectivity index (χ0v) is 16.7. The second kappa shape index (κ2) is 7.81. The Kier molecular flexibility index (Phi) is 5.21. The molecule has 0 saturated carbocycles. The number of halogens is 2. The Morgan fingerprint density at radius 3 is 2.69 bits per heavy atom. The molecule has 0 N–H and O–H groups in total. The van der Waals surface area contributed by atoms with Gasteiger partial charge in [0.1, 0.15) is 28.9 Å². The first-order valence-corrected chi connectivity index (χ1v) is 9.66. The molecular weight excluding hydrogens is 416 g/mol. The van der Waals surface area contributed by atoms with Crippen molar-refractivity contribution in [2.45, 2.75) is 0 Å². The first-order chi connectivity index (χ1) is 14.0. The van der Waals surface area contributed by atoms with Gasteiger partial charge in [0, 0.05) is 12.1 Å². The van der Waals surface area contributed by atoms with Gasteiger partial charge < -0.3 is 9.15 Å². The van der Waals surface area contributed by atoms with Crippen LogP contribution in [-0.2, 0) is 4.79 Å². The summed E-state index contributed by atoms with van der Waals surface area (Å²) >= 11 is 6.50.